The average Bonchev–Trinajstić information content (AvgIpc) is 2.74. The van der Waals surface area contributed by atoms with Gasteiger partial charge in [0.15, 0.2) is 6.10 Å². The van der Waals surface area contributed by atoms with Crippen LogP contribution in [0.2, 0.25) is 0 Å². The van der Waals surface area contributed by atoms with E-state index < -0.39 is 52.4 Å². The van der Waals surface area contributed by atoms with Gasteiger partial charge in [-0.2, -0.15) is 8.42 Å². The fourth-order valence-corrected chi connectivity index (χ4v) is 3.52. The Bertz CT molecular complexity index is 947. The van der Waals surface area contributed by atoms with Crippen LogP contribution in [0.3, 0.4) is 0 Å². The number of hydrogen-bond donors (Lipinski definition) is 4. The number of amides is 4. The third kappa shape index (κ3) is 6.25. The number of carbonyl (C=O) groups excluding carboxylic acids is 4. The van der Waals surface area contributed by atoms with Crippen molar-refractivity contribution >= 4 is 64.0 Å². The first-order chi connectivity index (χ1) is 14.6. The molecule has 0 spiro atoms. The molecule has 1 aromatic rings. The van der Waals surface area contributed by atoms with Crippen LogP contribution < -0.4 is 16.0 Å². The van der Waals surface area contributed by atoms with Crippen molar-refractivity contribution in [3.05, 3.63) is 35.9 Å². The van der Waals surface area contributed by atoms with E-state index in [1.165, 1.54) is 7.05 Å². The molecule has 32 heavy (non-hydrogen) atoms. The quantitative estimate of drug-likeness (QED) is 0.0834. The molecule has 2 rings (SSSR count). The normalized spacial score (nSPS) is 19.6. The molecule has 4 N–H and O–H groups in total. The molecule has 0 aromatic heterocycles. The molecular formula is C17H23N4NaO9S. The van der Waals surface area contributed by atoms with Gasteiger partial charge in [-0.25, -0.2) is 4.31 Å². The average molecular weight is 482 g/mol. The zero-order chi connectivity index (χ0) is 23.2. The van der Waals surface area contributed by atoms with Crippen LogP contribution in [0.1, 0.15) is 5.56 Å². The number of hydrogen-bond acceptors (Lipinski definition) is 8. The fraction of sp³-hybridized carbons (Fsp3) is 0.412. The third-order valence-corrected chi connectivity index (χ3v) is 5.35. The van der Waals surface area contributed by atoms with Gasteiger partial charge in [-0.3, -0.25) is 23.7 Å². The van der Waals surface area contributed by atoms with Gasteiger partial charge in [0.2, 0.25) is 18.0 Å². The molecule has 172 valence electrons. The Balaban J connectivity index is 0.00000512. The van der Waals surface area contributed by atoms with Gasteiger partial charge in [0.1, 0.15) is 6.04 Å². The molecule has 0 saturated carbocycles. The molecule has 1 heterocycles. The van der Waals surface area contributed by atoms with Crippen molar-refractivity contribution in [2.24, 2.45) is 0 Å². The van der Waals surface area contributed by atoms with Crippen molar-refractivity contribution in [2.45, 2.75) is 24.5 Å². The number of ether oxygens (including phenoxy) is 2. The Labute approximate surface area is 206 Å². The van der Waals surface area contributed by atoms with E-state index in [2.05, 4.69) is 16.0 Å². The van der Waals surface area contributed by atoms with Crippen molar-refractivity contribution in [3.63, 3.8) is 0 Å². The molecule has 1 fully saturated rings. The number of rotatable bonds is 11. The maximum atomic E-state index is 12.9. The third-order valence-electron chi connectivity index (χ3n) is 4.50. The molecule has 1 aromatic carbocycles. The number of carbonyl (C=O) groups is 4. The van der Waals surface area contributed by atoms with Gasteiger partial charge in [-0.15, -0.1) is 0 Å². The van der Waals surface area contributed by atoms with Gasteiger partial charge >= 0.3 is 39.9 Å². The topological polar surface area (TPSA) is 180 Å². The summed E-state index contributed by atoms with van der Waals surface area (Å²) in [5, 5.41) is 6.67. The Morgan fingerprint density at radius 1 is 1.28 bits per heavy atom. The van der Waals surface area contributed by atoms with Crippen LogP contribution >= 0.6 is 0 Å². The minimum absolute atomic E-state index is 0. The molecule has 1 aliphatic rings. The fourth-order valence-electron chi connectivity index (χ4n) is 2.82. The van der Waals surface area contributed by atoms with E-state index in [4.69, 9.17) is 14.0 Å². The standard InChI is InChI=1S/C17H22N4O9S.Na.H/c1-18-14(23)12(19-10-22)13(30-8-11-6-4-3-5-7-11)15(24)20-17(29-2)9-21(16(17)25)31(26,27)28;;/h3-7,10,12-13H,8-9H2,1-2H3,(H,18,23)(H,19,22)(H,20,24)(H,26,27,28);;. The molecule has 1 saturated heterocycles. The Hall–Kier alpha value is -2.07. The Kier molecular flexibility index (Phi) is 10.2. The summed E-state index contributed by atoms with van der Waals surface area (Å²) >= 11 is 0. The summed E-state index contributed by atoms with van der Waals surface area (Å²) in [4.78, 5) is 48.4. The summed E-state index contributed by atoms with van der Waals surface area (Å²) in [5.41, 5.74) is -1.45. The van der Waals surface area contributed by atoms with E-state index in [-0.39, 0.29) is 46.9 Å². The predicted molar refractivity (Wildman–Crippen MR) is 110 cm³/mol. The molecule has 13 nitrogen and oxygen atoms in total. The second kappa shape index (κ2) is 11.7. The summed E-state index contributed by atoms with van der Waals surface area (Å²) in [6.45, 7) is -0.831. The summed E-state index contributed by atoms with van der Waals surface area (Å²) in [7, 11) is -2.52. The number of likely N-dealkylation sites (N-methyl/N-ethyl adjacent to an activating group) is 1. The molecular weight excluding hydrogens is 459 g/mol. The van der Waals surface area contributed by atoms with Gasteiger partial charge in [0.25, 0.3) is 11.8 Å². The van der Waals surface area contributed by atoms with Crippen LogP contribution in [-0.4, -0.2) is 110 Å². The number of nitrogens with zero attached hydrogens (tertiary/aromatic N) is 1. The molecule has 1 aliphatic heterocycles. The Morgan fingerprint density at radius 3 is 2.38 bits per heavy atom. The summed E-state index contributed by atoms with van der Waals surface area (Å²) in [5.74, 6) is -3.04. The van der Waals surface area contributed by atoms with Crippen molar-refractivity contribution in [2.75, 3.05) is 20.7 Å². The van der Waals surface area contributed by atoms with Crippen LogP contribution in [0.5, 0.6) is 0 Å². The summed E-state index contributed by atoms with van der Waals surface area (Å²) in [6.07, 6.45) is -1.42. The van der Waals surface area contributed by atoms with E-state index in [0.29, 0.717) is 5.56 Å². The molecule has 0 radical (unpaired) electrons. The van der Waals surface area contributed by atoms with E-state index in [1.807, 2.05) is 0 Å². The second-order valence-corrected chi connectivity index (χ2v) is 7.74. The first-order valence-electron chi connectivity index (χ1n) is 8.83. The SMILES string of the molecule is CNC(=O)C(NC=O)C(OCc1ccccc1)C(=O)NC1(OC)CN(S(=O)(=O)O)C1=O.[NaH]. The molecule has 15 heteroatoms. The van der Waals surface area contributed by atoms with Crippen LogP contribution in [-0.2, 0) is 45.6 Å². The van der Waals surface area contributed by atoms with Gasteiger partial charge in [-0.1, -0.05) is 30.3 Å². The summed E-state index contributed by atoms with van der Waals surface area (Å²) in [6, 6.07) is 7.14. The first-order valence-corrected chi connectivity index (χ1v) is 10.2. The van der Waals surface area contributed by atoms with Crippen molar-refractivity contribution < 1.29 is 41.6 Å². The van der Waals surface area contributed by atoms with Crippen LogP contribution in [0.4, 0.5) is 0 Å². The minimum atomic E-state index is -4.84. The Morgan fingerprint density at radius 2 is 1.91 bits per heavy atom. The maximum absolute atomic E-state index is 12.9. The first kappa shape index (κ1) is 28.0. The van der Waals surface area contributed by atoms with Gasteiger partial charge in [0.05, 0.1) is 13.2 Å². The van der Waals surface area contributed by atoms with E-state index in [9.17, 15) is 27.6 Å². The van der Waals surface area contributed by atoms with Gasteiger partial charge in [0, 0.05) is 14.2 Å². The zero-order valence-corrected chi connectivity index (χ0v) is 17.4. The molecule has 3 unspecified atom stereocenters. The number of β-lactam (4-membered cyclic amide) rings is 1. The predicted octanol–water partition coefficient (Wildman–Crippen LogP) is -3.11. The summed E-state index contributed by atoms with van der Waals surface area (Å²) < 4.78 is 42.1. The van der Waals surface area contributed by atoms with E-state index in [1.54, 1.807) is 30.3 Å². The second-order valence-electron chi connectivity index (χ2n) is 6.40. The van der Waals surface area contributed by atoms with Crippen molar-refractivity contribution in [3.8, 4) is 0 Å². The van der Waals surface area contributed by atoms with Gasteiger partial charge in [-0.05, 0) is 5.56 Å². The van der Waals surface area contributed by atoms with E-state index in [0.717, 1.165) is 7.11 Å². The molecule has 4 amide bonds. The van der Waals surface area contributed by atoms with Gasteiger partial charge < -0.3 is 25.4 Å². The molecule has 0 aliphatic carbocycles. The number of nitrogens with one attached hydrogen (secondary N) is 3. The van der Waals surface area contributed by atoms with Crippen LogP contribution in [0.25, 0.3) is 0 Å². The number of methoxy groups -OCH3 is 1. The van der Waals surface area contributed by atoms with Crippen LogP contribution in [0.15, 0.2) is 30.3 Å². The molecule has 0 bridgehead atoms. The monoisotopic (exact) mass is 482 g/mol. The van der Waals surface area contributed by atoms with Crippen LogP contribution in [0, 0.1) is 0 Å². The molecule has 3 atom stereocenters. The van der Waals surface area contributed by atoms with E-state index >= 15 is 0 Å². The zero-order valence-electron chi connectivity index (χ0n) is 16.6. The number of benzene rings is 1. The van der Waals surface area contributed by atoms with Crippen molar-refractivity contribution in [1.82, 2.24) is 20.3 Å². The van der Waals surface area contributed by atoms with Crippen molar-refractivity contribution in [1.29, 1.82) is 0 Å².